The molecule has 3 rings (SSSR count). The van der Waals surface area contributed by atoms with Crippen LogP contribution in [0.3, 0.4) is 0 Å². The third-order valence-corrected chi connectivity index (χ3v) is 4.11. The molecule has 0 bridgehead atoms. The molecule has 21 heavy (non-hydrogen) atoms. The Bertz CT molecular complexity index is 695. The molecule has 0 atom stereocenters. The van der Waals surface area contributed by atoms with Crippen LogP contribution in [-0.2, 0) is 17.6 Å². The van der Waals surface area contributed by atoms with Crippen LogP contribution in [0, 0.1) is 0 Å². The van der Waals surface area contributed by atoms with Crippen molar-refractivity contribution in [3.05, 3.63) is 35.0 Å². The normalized spacial score (nSPS) is 13.8. The van der Waals surface area contributed by atoms with E-state index in [1.807, 2.05) is 14.0 Å². The number of hydrogen-bond donors (Lipinski definition) is 1. The first kappa shape index (κ1) is 13.9. The van der Waals surface area contributed by atoms with Gasteiger partial charge in [0.05, 0.1) is 17.8 Å². The number of fused-ring (bicyclic) bond motifs is 3. The number of ether oxygens (including phenoxy) is 1. The van der Waals surface area contributed by atoms with Gasteiger partial charge < -0.3 is 10.1 Å². The van der Waals surface area contributed by atoms with Gasteiger partial charge in [0.1, 0.15) is 5.56 Å². The fourth-order valence-electron chi connectivity index (χ4n) is 3.13. The average molecular weight is 284 g/mol. The minimum absolute atomic E-state index is 0.325. The van der Waals surface area contributed by atoms with Crippen molar-refractivity contribution < 1.29 is 9.53 Å². The highest BCUT2D eigenvalue weighted by atomic mass is 16.5. The highest BCUT2D eigenvalue weighted by Gasteiger charge is 2.19. The van der Waals surface area contributed by atoms with Crippen LogP contribution in [0.1, 0.15) is 41.3 Å². The molecule has 0 fully saturated rings. The fourth-order valence-corrected chi connectivity index (χ4v) is 3.13. The van der Waals surface area contributed by atoms with Crippen LogP contribution in [-0.4, -0.2) is 24.6 Å². The van der Waals surface area contributed by atoms with Crippen LogP contribution in [0.4, 0.5) is 5.69 Å². The monoisotopic (exact) mass is 284 g/mol. The minimum atomic E-state index is -0.325. The summed E-state index contributed by atoms with van der Waals surface area (Å²) < 4.78 is 5.11. The molecular formula is C17H20N2O2. The second-order valence-electron chi connectivity index (χ2n) is 5.32. The lowest BCUT2D eigenvalue weighted by Crippen LogP contribution is -2.11. The summed E-state index contributed by atoms with van der Waals surface area (Å²) in [6.07, 6.45) is 6.30. The Morgan fingerprint density at radius 3 is 2.90 bits per heavy atom. The first-order valence-electron chi connectivity index (χ1n) is 7.54. The molecule has 2 aromatic rings. The van der Waals surface area contributed by atoms with Crippen molar-refractivity contribution >= 4 is 22.6 Å². The molecule has 0 amide bonds. The molecule has 1 aromatic heterocycles. The van der Waals surface area contributed by atoms with Crippen molar-refractivity contribution in [2.24, 2.45) is 0 Å². The molecule has 1 aliphatic carbocycles. The molecule has 1 N–H and O–H groups in total. The summed E-state index contributed by atoms with van der Waals surface area (Å²) in [5.74, 6) is -0.325. The molecule has 110 valence electrons. The number of nitrogens with one attached hydrogen (secondary N) is 1. The van der Waals surface area contributed by atoms with Gasteiger partial charge in [-0.15, -0.1) is 0 Å². The fraction of sp³-hybridized carbons (Fsp3) is 0.412. The van der Waals surface area contributed by atoms with Crippen LogP contribution in [0.25, 0.3) is 10.9 Å². The van der Waals surface area contributed by atoms with Crippen molar-refractivity contribution in [1.29, 1.82) is 0 Å². The number of esters is 1. The number of carbonyl (C=O) groups excluding carboxylic acids is 1. The molecule has 0 saturated heterocycles. The Hall–Kier alpha value is -2.10. The molecule has 0 radical (unpaired) electrons. The average Bonchev–Trinajstić information content (AvgIpc) is 2.53. The maximum Gasteiger partial charge on any atom is 0.341 e. The van der Waals surface area contributed by atoms with Gasteiger partial charge in [-0.1, -0.05) is 12.1 Å². The van der Waals surface area contributed by atoms with Crippen molar-refractivity contribution in [3.63, 3.8) is 0 Å². The van der Waals surface area contributed by atoms with Gasteiger partial charge in [0.2, 0.25) is 0 Å². The number of rotatable bonds is 3. The Labute approximate surface area is 124 Å². The number of carbonyl (C=O) groups is 1. The van der Waals surface area contributed by atoms with E-state index < -0.39 is 0 Å². The first-order chi connectivity index (χ1) is 10.3. The summed E-state index contributed by atoms with van der Waals surface area (Å²) in [7, 11) is 1.83. The van der Waals surface area contributed by atoms with Gasteiger partial charge in [-0.05, 0) is 43.7 Å². The van der Waals surface area contributed by atoms with Crippen LogP contribution in [0.5, 0.6) is 0 Å². The largest absolute Gasteiger partial charge is 0.462 e. The molecule has 1 heterocycles. The molecule has 1 aromatic carbocycles. The number of nitrogens with zero attached hydrogens (tertiary/aromatic N) is 1. The summed E-state index contributed by atoms with van der Waals surface area (Å²) in [6, 6.07) is 4.25. The third kappa shape index (κ3) is 2.35. The smallest absolute Gasteiger partial charge is 0.341 e. The Morgan fingerprint density at radius 2 is 2.14 bits per heavy atom. The quantitative estimate of drug-likeness (QED) is 0.878. The van der Waals surface area contributed by atoms with Gasteiger partial charge in [0.15, 0.2) is 0 Å². The summed E-state index contributed by atoms with van der Waals surface area (Å²) in [4.78, 5) is 16.6. The van der Waals surface area contributed by atoms with E-state index in [9.17, 15) is 4.79 Å². The van der Waals surface area contributed by atoms with Crippen LogP contribution in [0.2, 0.25) is 0 Å². The predicted octanol–water partition coefficient (Wildman–Crippen LogP) is 3.33. The Balaban J connectivity index is 2.20. The highest BCUT2D eigenvalue weighted by Crippen LogP contribution is 2.33. The highest BCUT2D eigenvalue weighted by molar-refractivity contribution is 6.05. The Kier molecular flexibility index (Phi) is 3.78. The molecule has 0 saturated carbocycles. The topological polar surface area (TPSA) is 51.2 Å². The lowest BCUT2D eigenvalue weighted by atomic mass is 9.89. The Morgan fingerprint density at radius 1 is 1.33 bits per heavy atom. The lowest BCUT2D eigenvalue weighted by molar-refractivity contribution is 0.0527. The second kappa shape index (κ2) is 5.72. The van der Waals surface area contributed by atoms with E-state index in [1.54, 1.807) is 6.20 Å². The van der Waals surface area contributed by atoms with Gasteiger partial charge in [0, 0.05) is 18.6 Å². The zero-order valence-corrected chi connectivity index (χ0v) is 12.5. The van der Waals surface area contributed by atoms with E-state index in [0.717, 1.165) is 29.4 Å². The second-order valence-corrected chi connectivity index (χ2v) is 5.32. The van der Waals surface area contributed by atoms with Crippen molar-refractivity contribution in [3.8, 4) is 0 Å². The molecule has 0 unspecified atom stereocenters. The van der Waals surface area contributed by atoms with Gasteiger partial charge in [-0.2, -0.15) is 0 Å². The van der Waals surface area contributed by atoms with E-state index in [0.29, 0.717) is 12.2 Å². The number of aryl methyl sites for hydroxylation is 2. The van der Waals surface area contributed by atoms with E-state index in [2.05, 4.69) is 22.4 Å². The molecule has 4 heteroatoms. The number of pyridine rings is 1. The maximum atomic E-state index is 12.1. The van der Waals surface area contributed by atoms with Crippen LogP contribution < -0.4 is 5.32 Å². The number of aromatic nitrogens is 1. The number of benzene rings is 1. The molecule has 4 nitrogen and oxygen atoms in total. The zero-order chi connectivity index (χ0) is 14.8. The van der Waals surface area contributed by atoms with Crippen LogP contribution >= 0.6 is 0 Å². The van der Waals surface area contributed by atoms with E-state index in [-0.39, 0.29) is 5.97 Å². The molecule has 0 aliphatic heterocycles. The summed E-state index contributed by atoms with van der Waals surface area (Å²) in [5, 5.41) is 4.15. The lowest BCUT2D eigenvalue weighted by Gasteiger charge is -2.19. The summed E-state index contributed by atoms with van der Waals surface area (Å²) >= 11 is 0. The van der Waals surface area contributed by atoms with E-state index in [4.69, 9.17) is 4.74 Å². The van der Waals surface area contributed by atoms with Gasteiger partial charge in [-0.3, -0.25) is 4.98 Å². The zero-order valence-electron chi connectivity index (χ0n) is 12.5. The van der Waals surface area contributed by atoms with Gasteiger partial charge in [-0.25, -0.2) is 4.79 Å². The number of hydrogen-bond acceptors (Lipinski definition) is 4. The number of anilines is 1. The van der Waals surface area contributed by atoms with E-state index >= 15 is 0 Å². The van der Waals surface area contributed by atoms with Crippen molar-refractivity contribution in [2.45, 2.75) is 32.6 Å². The predicted molar refractivity (Wildman–Crippen MR) is 83.9 cm³/mol. The van der Waals surface area contributed by atoms with Crippen LogP contribution in [0.15, 0.2) is 18.3 Å². The van der Waals surface area contributed by atoms with Crippen molar-refractivity contribution in [1.82, 2.24) is 4.98 Å². The van der Waals surface area contributed by atoms with Gasteiger partial charge in [0.25, 0.3) is 0 Å². The standard InChI is InChI=1S/C17H20N2O2/c1-3-21-17(20)14-10-19-16-12-7-5-4-6-11(12)8-9-13(16)15(14)18-2/h8-10H,3-7H2,1-2H3,(H,18,19). The van der Waals surface area contributed by atoms with E-state index in [1.165, 1.54) is 24.0 Å². The molecule has 0 spiro atoms. The maximum absolute atomic E-state index is 12.1. The minimum Gasteiger partial charge on any atom is -0.462 e. The first-order valence-corrected chi connectivity index (χ1v) is 7.54. The van der Waals surface area contributed by atoms with Gasteiger partial charge >= 0.3 is 5.97 Å². The summed E-state index contributed by atoms with van der Waals surface area (Å²) in [5.41, 5.74) is 5.07. The van der Waals surface area contributed by atoms with Crippen molar-refractivity contribution in [2.75, 3.05) is 19.0 Å². The summed E-state index contributed by atoms with van der Waals surface area (Å²) in [6.45, 7) is 2.17. The molecule has 1 aliphatic rings. The third-order valence-electron chi connectivity index (χ3n) is 4.11. The molecular weight excluding hydrogens is 264 g/mol. The SMILES string of the molecule is CCOC(=O)c1cnc2c3c(ccc2c1NC)CCCC3.